The molecule has 7 unspecified atom stereocenters. The number of carbonyl (C=O) groups excluding carboxylic acids is 1. The number of rotatable bonds is 7. The molecule has 184 valence electrons. The molecular formula is C23H41ClN4O4. The Hall–Kier alpha value is -0.480. The molecule has 0 spiro atoms. The number of alkyl halides is 1. The quantitative estimate of drug-likeness (QED) is 0.400. The number of piperidine rings is 1. The highest BCUT2D eigenvalue weighted by molar-refractivity contribution is 6.20. The number of aliphatic hydroxyl groups excluding tert-OH is 2. The topological polar surface area (TPSA) is 97.3 Å². The van der Waals surface area contributed by atoms with Crippen LogP contribution in [0.3, 0.4) is 0 Å². The van der Waals surface area contributed by atoms with Crippen LogP contribution in [0.5, 0.6) is 0 Å². The van der Waals surface area contributed by atoms with Gasteiger partial charge in [-0.1, -0.05) is 6.42 Å². The largest absolute Gasteiger partial charge is 0.388 e. The Morgan fingerprint density at radius 3 is 2.50 bits per heavy atom. The number of carbonyl (C=O) groups is 1. The smallest absolute Gasteiger partial charge is 0.225 e. The summed E-state index contributed by atoms with van der Waals surface area (Å²) >= 11 is 6.27. The van der Waals surface area contributed by atoms with Crippen LogP contribution in [0.2, 0.25) is 0 Å². The highest BCUT2D eigenvalue weighted by atomic mass is 35.5. The predicted octanol–water partition coefficient (Wildman–Crippen LogP) is 0.497. The molecule has 3 aliphatic heterocycles. The SMILES string of the molecule is O=C(CC1OC(CNCC2CCCC(Cl)C2)C(O)C1O)N1CCN(C2CCCCN2)CC1. The minimum atomic E-state index is -1.03. The number of nitrogens with zero attached hydrogens (tertiary/aromatic N) is 2. The summed E-state index contributed by atoms with van der Waals surface area (Å²) in [5, 5.41) is 28.1. The van der Waals surface area contributed by atoms with Gasteiger partial charge in [0.05, 0.1) is 24.8 Å². The van der Waals surface area contributed by atoms with Gasteiger partial charge in [-0.15, -0.1) is 11.6 Å². The molecule has 0 radical (unpaired) electrons. The fourth-order valence-electron chi connectivity index (χ4n) is 5.73. The zero-order chi connectivity index (χ0) is 22.5. The maximum Gasteiger partial charge on any atom is 0.225 e. The van der Waals surface area contributed by atoms with Crippen LogP contribution in [0.15, 0.2) is 0 Å². The number of halogens is 1. The van der Waals surface area contributed by atoms with Gasteiger partial charge >= 0.3 is 0 Å². The van der Waals surface area contributed by atoms with E-state index in [1.807, 2.05) is 4.90 Å². The monoisotopic (exact) mass is 472 g/mol. The van der Waals surface area contributed by atoms with Crippen molar-refractivity contribution in [2.24, 2.45) is 5.92 Å². The Labute approximate surface area is 197 Å². The lowest BCUT2D eigenvalue weighted by Gasteiger charge is -2.41. The van der Waals surface area contributed by atoms with E-state index in [1.165, 1.54) is 25.7 Å². The van der Waals surface area contributed by atoms with Crippen LogP contribution in [-0.2, 0) is 9.53 Å². The molecule has 32 heavy (non-hydrogen) atoms. The Balaban J connectivity index is 1.17. The van der Waals surface area contributed by atoms with E-state index < -0.39 is 24.4 Å². The van der Waals surface area contributed by atoms with Crippen molar-refractivity contribution < 1.29 is 19.7 Å². The molecule has 0 aromatic heterocycles. The van der Waals surface area contributed by atoms with Crippen molar-refractivity contribution in [1.29, 1.82) is 0 Å². The lowest BCUT2D eigenvalue weighted by molar-refractivity contribution is -0.137. The van der Waals surface area contributed by atoms with Crippen molar-refractivity contribution >= 4 is 17.5 Å². The van der Waals surface area contributed by atoms with E-state index in [0.29, 0.717) is 31.7 Å². The first-order valence-electron chi connectivity index (χ1n) is 12.6. The van der Waals surface area contributed by atoms with Crippen LogP contribution in [0, 0.1) is 5.92 Å². The molecule has 1 amide bonds. The summed E-state index contributed by atoms with van der Waals surface area (Å²) in [5.41, 5.74) is 0. The van der Waals surface area contributed by atoms with E-state index in [1.54, 1.807) is 0 Å². The molecule has 0 aromatic rings. The minimum Gasteiger partial charge on any atom is -0.388 e. The first kappa shape index (κ1) is 24.6. The van der Waals surface area contributed by atoms with Crippen molar-refractivity contribution in [2.45, 2.75) is 87.3 Å². The van der Waals surface area contributed by atoms with E-state index in [0.717, 1.165) is 45.4 Å². The van der Waals surface area contributed by atoms with Gasteiger partial charge < -0.3 is 30.5 Å². The highest BCUT2D eigenvalue weighted by Gasteiger charge is 2.43. The zero-order valence-corrected chi connectivity index (χ0v) is 19.9. The number of ether oxygens (including phenoxy) is 1. The molecule has 9 heteroatoms. The van der Waals surface area contributed by atoms with E-state index >= 15 is 0 Å². The van der Waals surface area contributed by atoms with Gasteiger partial charge in [-0.05, 0) is 57.5 Å². The lowest BCUT2D eigenvalue weighted by atomic mass is 9.89. The van der Waals surface area contributed by atoms with Crippen molar-refractivity contribution in [2.75, 3.05) is 45.8 Å². The standard InChI is InChI=1S/C23H41ClN4O4/c24-17-5-3-4-16(12-17)14-25-15-19-23(31)22(30)18(32-19)13-21(29)28-10-8-27(9-11-28)20-6-1-2-7-26-20/h16-20,22-23,25-26,30-31H,1-15H2. The van der Waals surface area contributed by atoms with Gasteiger partial charge in [-0.2, -0.15) is 0 Å². The number of hydrogen-bond donors (Lipinski definition) is 4. The van der Waals surface area contributed by atoms with Crippen LogP contribution >= 0.6 is 11.6 Å². The van der Waals surface area contributed by atoms with E-state index in [2.05, 4.69) is 15.5 Å². The fourth-order valence-corrected chi connectivity index (χ4v) is 6.14. The van der Waals surface area contributed by atoms with Gasteiger partial charge in [-0.25, -0.2) is 0 Å². The van der Waals surface area contributed by atoms with E-state index in [4.69, 9.17) is 16.3 Å². The van der Waals surface area contributed by atoms with Crippen LogP contribution in [-0.4, -0.2) is 108 Å². The average Bonchev–Trinajstić information content (AvgIpc) is 3.07. The summed E-state index contributed by atoms with van der Waals surface area (Å²) in [7, 11) is 0. The first-order valence-corrected chi connectivity index (χ1v) is 13.1. The number of nitrogens with one attached hydrogen (secondary N) is 2. The number of hydrogen-bond acceptors (Lipinski definition) is 7. The number of amides is 1. The molecule has 3 heterocycles. The number of piperazine rings is 1. The zero-order valence-electron chi connectivity index (χ0n) is 19.1. The predicted molar refractivity (Wildman–Crippen MR) is 124 cm³/mol. The second-order valence-electron chi connectivity index (χ2n) is 10.1. The molecular weight excluding hydrogens is 432 g/mol. The Bertz CT molecular complexity index is 601. The van der Waals surface area contributed by atoms with Crippen LogP contribution < -0.4 is 10.6 Å². The second kappa shape index (κ2) is 11.8. The average molecular weight is 473 g/mol. The summed E-state index contributed by atoms with van der Waals surface area (Å²) in [5.74, 6) is 0.552. The minimum absolute atomic E-state index is 0.00136. The van der Waals surface area contributed by atoms with Gasteiger partial charge in [0.15, 0.2) is 0 Å². The third kappa shape index (κ3) is 6.34. The van der Waals surface area contributed by atoms with Crippen molar-refractivity contribution in [1.82, 2.24) is 20.4 Å². The lowest BCUT2D eigenvalue weighted by Crippen LogP contribution is -2.57. The molecule has 1 saturated carbocycles. The summed E-state index contributed by atoms with van der Waals surface area (Å²) in [6.07, 6.45) is 5.56. The summed E-state index contributed by atoms with van der Waals surface area (Å²) < 4.78 is 5.92. The maximum absolute atomic E-state index is 12.8. The Kier molecular flexibility index (Phi) is 9.07. The summed E-state index contributed by atoms with van der Waals surface area (Å²) in [6.45, 7) is 5.54. The first-order chi connectivity index (χ1) is 15.5. The van der Waals surface area contributed by atoms with E-state index in [-0.39, 0.29) is 17.7 Å². The third-order valence-corrected chi connectivity index (χ3v) is 8.12. The molecule has 0 bridgehead atoms. The highest BCUT2D eigenvalue weighted by Crippen LogP contribution is 2.28. The van der Waals surface area contributed by atoms with Crippen LogP contribution in [0.1, 0.15) is 51.4 Å². The van der Waals surface area contributed by atoms with Crippen LogP contribution in [0.25, 0.3) is 0 Å². The van der Waals surface area contributed by atoms with Gasteiger partial charge in [-0.3, -0.25) is 9.69 Å². The molecule has 0 aromatic carbocycles. The maximum atomic E-state index is 12.8. The molecule has 4 N–H and O–H groups in total. The van der Waals surface area contributed by atoms with E-state index in [9.17, 15) is 15.0 Å². The third-order valence-electron chi connectivity index (χ3n) is 7.73. The fraction of sp³-hybridized carbons (Fsp3) is 0.957. The second-order valence-corrected chi connectivity index (χ2v) is 10.7. The molecule has 8 nitrogen and oxygen atoms in total. The normalized spacial score (nSPS) is 39.3. The van der Waals surface area contributed by atoms with Crippen molar-refractivity contribution in [3.8, 4) is 0 Å². The number of aliphatic hydroxyl groups is 2. The van der Waals surface area contributed by atoms with Crippen LogP contribution in [0.4, 0.5) is 0 Å². The van der Waals surface area contributed by atoms with Gasteiger partial charge in [0.2, 0.25) is 5.91 Å². The van der Waals surface area contributed by atoms with Crippen molar-refractivity contribution in [3.63, 3.8) is 0 Å². The molecule has 3 saturated heterocycles. The Morgan fingerprint density at radius 2 is 1.78 bits per heavy atom. The summed E-state index contributed by atoms with van der Waals surface area (Å²) in [6, 6.07) is 0. The van der Waals surface area contributed by atoms with Gasteiger partial charge in [0.1, 0.15) is 12.2 Å². The molecule has 7 atom stereocenters. The van der Waals surface area contributed by atoms with Gasteiger partial charge in [0, 0.05) is 38.1 Å². The molecule has 4 aliphatic rings. The van der Waals surface area contributed by atoms with Gasteiger partial charge in [0.25, 0.3) is 0 Å². The van der Waals surface area contributed by atoms with Crippen molar-refractivity contribution in [3.05, 3.63) is 0 Å². The molecule has 4 fully saturated rings. The Morgan fingerprint density at radius 1 is 1.00 bits per heavy atom. The summed E-state index contributed by atoms with van der Waals surface area (Å²) in [4.78, 5) is 17.2. The molecule has 4 rings (SSSR count). The molecule has 1 aliphatic carbocycles.